The first-order chi connectivity index (χ1) is 8.56. The molecular formula is C11H10Cl2N2O2S. The van der Waals surface area contributed by atoms with E-state index in [9.17, 15) is 9.59 Å². The van der Waals surface area contributed by atoms with Gasteiger partial charge < -0.3 is 10.2 Å². The highest BCUT2D eigenvalue weighted by Gasteiger charge is 2.23. The van der Waals surface area contributed by atoms with Crippen molar-refractivity contribution in [1.29, 1.82) is 0 Å². The van der Waals surface area contributed by atoms with Crippen molar-refractivity contribution in [2.45, 2.75) is 0 Å². The van der Waals surface area contributed by atoms with Crippen LogP contribution in [0.1, 0.15) is 0 Å². The van der Waals surface area contributed by atoms with Gasteiger partial charge in [-0.1, -0.05) is 23.2 Å². The number of nitrogens with one attached hydrogen (secondary N) is 1. The fourth-order valence-corrected chi connectivity index (χ4v) is 2.85. The van der Waals surface area contributed by atoms with E-state index < -0.39 is 0 Å². The Morgan fingerprint density at radius 3 is 2.83 bits per heavy atom. The summed E-state index contributed by atoms with van der Waals surface area (Å²) in [4.78, 5) is 24.6. The molecule has 96 valence electrons. The van der Waals surface area contributed by atoms with Crippen LogP contribution in [0.5, 0.6) is 0 Å². The number of hydrogen-bond donors (Lipinski definition) is 1. The van der Waals surface area contributed by atoms with Crippen molar-refractivity contribution >= 4 is 52.5 Å². The highest BCUT2D eigenvalue weighted by atomic mass is 35.5. The summed E-state index contributed by atoms with van der Waals surface area (Å²) in [6.45, 7) is 0.0464. The number of rotatable bonds is 3. The van der Waals surface area contributed by atoms with Gasteiger partial charge in [0.25, 0.3) is 0 Å². The third-order valence-electron chi connectivity index (χ3n) is 2.37. The molecule has 1 heterocycles. The van der Waals surface area contributed by atoms with Crippen molar-refractivity contribution in [3.05, 3.63) is 28.2 Å². The lowest BCUT2D eigenvalue weighted by molar-refractivity contribution is -0.130. The van der Waals surface area contributed by atoms with Gasteiger partial charge in [-0.05, 0) is 18.2 Å². The van der Waals surface area contributed by atoms with Gasteiger partial charge in [0, 0.05) is 5.02 Å². The predicted molar refractivity (Wildman–Crippen MR) is 74.1 cm³/mol. The van der Waals surface area contributed by atoms with Crippen LogP contribution < -0.4 is 5.32 Å². The number of thioether (sulfide) groups is 1. The molecule has 18 heavy (non-hydrogen) atoms. The Morgan fingerprint density at radius 1 is 1.44 bits per heavy atom. The van der Waals surface area contributed by atoms with Crippen molar-refractivity contribution in [3.63, 3.8) is 0 Å². The van der Waals surface area contributed by atoms with Gasteiger partial charge in [-0.25, -0.2) is 0 Å². The molecule has 0 aromatic heterocycles. The van der Waals surface area contributed by atoms with E-state index in [0.29, 0.717) is 27.4 Å². The number of benzene rings is 1. The van der Waals surface area contributed by atoms with Crippen molar-refractivity contribution < 1.29 is 9.59 Å². The number of halogens is 2. The molecule has 1 aromatic rings. The van der Waals surface area contributed by atoms with Crippen LogP contribution in [0.25, 0.3) is 0 Å². The fraction of sp³-hybridized carbons (Fsp3) is 0.273. The number of carbonyl (C=O) groups is 2. The number of hydrogen-bond acceptors (Lipinski definition) is 3. The molecule has 0 aliphatic carbocycles. The molecule has 1 saturated heterocycles. The molecule has 1 aromatic carbocycles. The Bertz CT molecular complexity index is 496. The van der Waals surface area contributed by atoms with Crippen LogP contribution >= 0.6 is 35.0 Å². The maximum Gasteiger partial charge on any atom is 0.244 e. The molecule has 1 fully saturated rings. The van der Waals surface area contributed by atoms with Crippen LogP contribution in [0, 0.1) is 0 Å². The quantitative estimate of drug-likeness (QED) is 0.933. The van der Waals surface area contributed by atoms with Crippen molar-refractivity contribution in [3.8, 4) is 0 Å². The first-order valence-corrected chi connectivity index (χ1v) is 7.08. The molecule has 0 saturated carbocycles. The minimum atomic E-state index is -0.268. The van der Waals surface area contributed by atoms with Crippen LogP contribution in [-0.4, -0.2) is 34.9 Å². The van der Waals surface area contributed by atoms with Gasteiger partial charge in [0.1, 0.15) is 6.54 Å². The van der Waals surface area contributed by atoms with Gasteiger partial charge in [-0.15, -0.1) is 11.8 Å². The molecular weight excluding hydrogens is 295 g/mol. The lowest BCUT2D eigenvalue weighted by atomic mass is 10.3. The van der Waals surface area contributed by atoms with Gasteiger partial charge in [0.2, 0.25) is 11.8 Å². The third-order valence-corrected chi connectivity index (χ3v) is 3.86. The number of amides is 2. The van der Waals surface area contributed by atoms with Crippen LogP contribution in [0.15, 0.2) is 18.2 Å². The lowest BCUT2D eigenvalue weighted by Crippen LogP contribution is -2.34. The Morgan fingerprint density at radius 2 is 2.22 bits per heavy atom. The van der Waals surface area contributed by atoms with Crippen molar-refractivity contribution in [1.82, 2.24) is 4.90 Å². The molecule has 7 heteroatoms. The van der Waals surface area contributed by atoms with E-state index in [1.165, 1.54) is 16.7 Å². The number of carbonyl (C=O) groups excluding carboxylic acids is 2. The molecule has 4 nitrogen and oxygen atoms in total. The first-order valence-electron chi connectivity index (χ1n) is 5.16. The molecule has 1 aliphatic rings. The highest BCUT2D eigenvalue weighted by Crippen LogP contribution is 2.25. The fourth-order valence-electron chi connectivity index (χ4n) is 1.49. The summed E-state index contributed by atoms with van der Waals surface area (Å²) in [7, 11) is 0. The van der Waals surface area contributed by atoms with Crippen molar-refractivity contribution in [2.75, 3.05) is 23.5 Å². The molecule has 1 N–H and O–H groups in total. The van der Waals surface area contributed by atoms with Crippen LogP contribution in [0.3, 0.4) is 0 Å². The standard InChI is InChI=1S/C11H10Cl2N2O2S/c12-7-1-2-9(8(13)3-7)14-10(16)4-15-6-18-5-11(15)17/h1-3H,4-6H2,(H,14,16). The lowest BCUT2D eigenvalue weighted by Gasteiger charge is -2.14. The van der Waals surface area contributed by atoms with Crippen LogP contribution in [-0.2, 0) is 9.59 Å². The normalized spacial score (nSPS) is 15.0. The summed E-state index contributed by atoms with van der Waals surface area (Å²) < 4.78 is 0. The Hall–Kier alpha value is -0.910. The van der Waals surface area contributed by atoms with Gasteiger partial charge in [0.05, 0.1) is 22.3 Å². The zero-order valence-electron chi connectivity index (χ0n) is 9.28. The molecule has 0 unspecified atom stereocenters. The smallest absolute Gasteiger partial charge is 0.244 e. The molecule has 1 aliphatic heterocycles. The van der Waals surface area contributed by atoms with E-state index in [2.05, 4.69) is 5.32 Å². The minimum absolute atomic E-state index is 0.0163. The third kappa shape index (κ3) is 3.31. The van der Waals surface area contributed by atoms with Gasteiger partial charge in [-0.2, -0.15) is 0 Å². The minimum Gasteiger partial charge on any atom is -0.323 e. The van der Waals surface area contributed by atoms with Gasteiger partial charge in [-0.3, -0.25) is 9.59 Å². The summed E-state index contributed by atoms with van der Waals surface area (Å²) in [5, 5.41) is 3.53. The average Bonchev–Trinajstić information content (AvgIpc) is 2.69. The molecule has 0 radical (unpaired) electrons. The van der Waals surface area contributed by atoms with Gasteiger partial charge in [0.15, 0.2) is 0 Å². The Balaban J connectivity index is 1.96. The van der Waals surface area contributed by atoms with E-state index >= 15 is 0 Å². The van der Waals surface area contributed by atoms with E-state index in [1.54, 1.807) is 18.2 Å². The van der Waals surface area contributed by atoms with E-state index in [-0.39, 0.29) is 18.4 Å². The molecule has 0 bridgehead atoms. The summed E-state index contributed by atoms with van der Waals surface area (Å²) in [6, 6.07) is 4.82. The van der Waals surface area contributed by atoms with Crippen LogP contribution in [0.4, 0.5) is 5.69 Å². The molecule has 0 atom stereocenters. The van der Waals surface area contributed by atoms with Crippen molar-refractivity contribution in [2.24, 2.45) is 0 Å². The SMILES string of the molecule is O=C(CN1CSCC1=O)Nc1ccc(Cl)cc1Cl. The van der Waals surface area contributed by atoms with E-state index in [1.807, 2.05) is 0 Å². The Kier molecular flexibility index (Phi) is 4.37. The predicted octanol–water partition coefficient (Wildman–Crippen LogP) is 2.46. The largest absolute Gasteiger partial charge is 0.323 e. The topological polar surface area (TPSA) is 49.4 Å². The maximum absolute atomic E-state index is 11.7. The molecule has 0 spiro atoms. The van der Waals surface area contributed by atoms with E-state index in [0.717, 1.165) is 0 Å². The zero-order valence-corrected chi connectivity index (χ0v) is 11.6. The molecule has 2 amide bonds. The van der Waals surface area contributed by atoms with Crippen LogP contribution in [0.2, 0.25) is 10.0 Å². The number of anilines is 1. The van der Waals surface area contributed by atoms with E-state index in [4.69, 9.17) is 23.2 Å². The summed E-state index contributed by atoms with van der Waals surface area (Å²) >= 11 is 13.2. The second kappa shape index (κ2) is 5.82. The second-order valence-electron chi connectivity index (χ2n) is 3.74. The summed E-state index contributed by atoms with van der Waals surface area (Å²) in [5.74, 6) is 0.711. The molecule has 2 rings (SSSR count). The Labute approximate surface area is 119 Å². The van der Waals surface area contributed by atoms with Gasteiger partial charge >= 0.3 is 0 Å². The zero-order chi connectivity index (χ0) is 13.1. The summed E-state index contributed by atoms with van der Waals surface area (Å²) in [5.41, 5.74) is 0.491. The first kappa shape index (κ1) is 13.5. The average molecular weight is 305 g/mol. The second-order valence-corrected chi connectivity index (χ2v) is 5.54. The maximum atomic E-state index is 11.7. The highest BCUT2D eigenvalue weighted by molar-refractivity contribution is 8.00. The monoisotopic (exact) mass is 304 g/mol. The summed E-state index contributed by atoms with van der Waals surface area (Å²) in [6.07, 6.45) is 0. The number of nitrogens with zero attached hydrogens (tertiary/aromatic N) is 1.